The van der Waals surface area contributed by atoms with Gasteiger partial charge in [0.2, 0.25) is 5.91 Å². The van der Waals surface area contributed by atoms with E-state index >= 15 is 0 Å². The van der Waals surface area contributed by atoms with Crippen molar-refractivity contribution in [2.45, 2.75) is 18.9 Å². The molecule has 8 nitrogen and oxygen atoms in total. The van der Waals surface area contributed by atoms with E-state index in [2.05, 4.69) is 5.32 Å². The fourth-order valence-corrected chi connectivity index (χ4v) is 1.41. The van der Waals surface area contributed by atoms with E-state index in [0.717, 1.165) is 12.1 Å². The Labute approximate surface area is 170 Å². The normalized spacial score (nSPS) is 10.6. The largest absolute Gasteiger partial charge is 1.00 e. The fourth-order valence-electron chi connectivity index (χ4n) is 1.41. The Morgan fingerprint density at radius 2 is 1.86 bits per heavy atom. The number of nitrogens with two attached hydrogens (primary N) is 1. The number of rotatable bonds is 6. The molecule has 0 aliphatic carbocycles. The third-order valence-corrected chi connectivity index (χ3v) is 2.47. The standard InChI is InChI=1S/C12H14N2O6.2Na/c13-8(2-4-10(16)17)11(18)14-6-1-3-9(15)7(5-6)12(19)20;;/h1,3,5,8,15H,2,4,13H2,(H,14,18)(H,16,17)(H,19,20);;/q;2*+1/p-2/t8-;;/m0../s1. The Kier molecular flexibility index (Phi) is 11.8. The van der Waals surface area contributed by atoms with Crippen LogP contribution in [0.25, 0.3) is 0 Å². The summed E-state index contributed by atoms with van der Waals surface area (Å²) in [6.45, 7) is 0. The molecule has 4 N–H and O–H groups in total. The van der Waals surface area contributed by atoms with E-state index in [9.17, 15) is 24.6 Å². The summed E-state index contributed by atoms with van der Waals surface area (Å²) in [4.78, 5) is 32.6. The van der Waals surface area contributed by atoms with Gasteiger partial charge >= 0.3 is 65.1 Å². The number of benzene rings is 1. The van der Waals surface area contributed by atoms with Crippen LogP contribution in [0.15, 0.2) is 18.2 Å². The first-order valence-electron chi connectivity index (χ1n) is 5.62. The molecule has 0 radical (unpaired) electrons. The smallest absolute Gasteiger partial charge is 0.872 e. The van der Waals surface area contributed by atoms with E-state index in [4.69, 9.17) is 10.8 Å². The second-order valence-electron chi connectivity index (χ2n) is 4.02. The van der Waals surface area contributed by atoms with Gasteiger partial charge in [-0.25, -0.2) is 4.79 Å². The number of anilines is 1. The van der Waals surface area contributed by atoms with Gasteiger partial charge in [0.15, 0.2) is 0 Å². The van der Waals surface area contributed by atoms with Crippen molar-refractivity contribution in [1.29, 1.82) is 0 Å². The topological polar surface area (TPSA) is 156 Å². The number of hydrogen-bond acceptors (Lipinski definition) is 6. The van der Waals surface area contributed by atoms with Crippen LogP contribution in [0.2, 0.25) is 0 Å². The van der Waals surface area contributed by atoms with Crippen molar-refractivity contribution in [2.75, 3.05) is 5.32 Å². The molecule has 0 unspecified atom stereocenters. The van der Waals surface area contributed by atoms with Crippen LogP contribution < -0.4 is 80.4 Å². The first kappa shape index (κ1) is 23.7. The summed E-state index contributed by atoms with van der Waals surface area (Å²) in [5, 5.41) is 32.5. The molecular weight excluding hydrogens is 314 g/mol. The molecule has 0 heterocycles. The van der Waals surface area contributed by atoms with E-state index in [1.807, 2.05) is 0 Å². The third kappa shape index (κ3) is 7.59. The molecule has 1 rings (SSSR count). The maximum atomic E-state index is 11.6. The molecule has 22 heavy (non-hydrogen) atoms. The molecule has 1 aromatic rings. The number of carbonyl (C=O) groups is 3. The maximum Gasteiger partial charge on any atom is 1.00 e. The van der Waals surface area contributed by atoms with Crippen LogP contribution in [0.1, 0.15) is 23.2 Å². The van der Waals surface area contributed by atoms with Crippen LogP contribution in [-0.2, 0) is 9.59 Å². The second kappa shape index (κ2) is 11.0. The molecule has 0 saturated carbocycles. The van der Waals surface area contributed by atoms with Crippen molar-refractivity contribution in [2.24, 2.45) is 5.73 Å². The van der Waals surface area contributed by atoms with Crippen LogP contribution in [0.3, 0.4) is 0 Å². The van der Waals surface area contributed by atoms with Gasteiger partial charge in [0.25, 0.3) is 0 Å². The molecule has 1 atom stereocenters. The molecule has 10 heteroatoms. The van der Waals surface area contributed by atoms with Gasteiger partial charge in [-0.05, 0) is 25.0 Å². The molecule has 0 fully saturated rings. The number of carbonyl (C=O) groups excluding carboxylic acids is 2. The Balaban J connectivity index is 0. The van der Waals surface area contributed by atoms with Gasteiger partial charge < -0.3 is 31.2 Å². The SMILES string of the molecule is N[C@@H](CCC(=O)[O-])C(=O)Nc1ccc([O-])c(C(=O)O)c1.[Na+].[Na+]. The molecule has 0 aliphatic rings. The van der Waals surface area contributed by atoms with Crippen molar-refractivity contribution in [3.63, 3.8) is 0 Å². The number of aromatic carboxylic acids is 1. The van der Waals surface area contributed by atoms with Crippen LogP contribution in [0, 0.1) is 0 Å². The summed E-state index contributed by atoms with van der Waals surface area (Å²) in [5.41, 5.74) is 5.07. The van der Waals surface area contributed by atoms with Gasteiger partial charge in [0.05, 0.1) is 11.6 Å². The molecule has 0 saturated heterocycles. The summed E-state index contributed by atoms with van der Waals surface area (Å²) in [6, 6.07) is 2.17. The molecule has 0 aliphatic heterocycles. The molecule has 0 spiro atoms. The maximum absolute atomic E-state index is 11.6. The zero-order valence-electron chi connectivity index (χ0n) is 12.3. The van der Waals surface area contributed by atoms with Crippen LogP contribution >= 0.6 is 0 Å². The van der Waals surface area contributed by atoms with E-state index in [1.54, 1.807) is 0 Å². The molecule has 1 aromatic carbocycles. The summed E-state index contributed by atoms with van der Waals surface area (Å²) in [7, 11) is 0. The Bertz CT molecular complexity index is 552. The predicted octanol–water partition coefficient (Wildman–Crippen LogP) is -7.74. The summed E-state index contributed by atoms with van der Waals surface area (Å²) in [5.74, 6) is -4.09. The van der Waals surface area contributed by atoms with Crippen LogP contribution in [0.5, 0.6) is 5.75 Å². The summed E-state index contributed by atoms with van der Waals surface area (Å²) in [6.07, 6.45) is -0.478. The number of aliphatic carboxylic acids is 1. The van der Waals surface area contributed by atoms with Crippen molar-refractivity contribution in [3.05, 3.63) is 23.8 Å². The van der Waals surface area contributed by atoms with Crippen molar-refractivity contribution in [3.8, 4) is 5.75 Å². The predicted molar refractivity (Wildman–Crippen MR) is 63.7 cm³/mol. The number of carboxylic acid groups (broad SMARTS) is 2. The van der Waals surface area contributed by atoms with Gasteiger partial charge in [0, 0.05) is 11.7 Å². The molecular formula is C12H12N2Na2O6. The van der Waals surface area contributed by atoms with Gasteiger partial charge in [-0.2, -0.15) is 0 Å². The molecule has 1 amide bonds. The average molecular weight is 326 g/mol. The molecule has 0 aromatic heterocycles. The zero-order valence-corrected chi connectivity index (χ0v) is 16.3. The Morgan fingerprint density at radius 3 is 2.36 bits per heavy atom. The van der Waals surface area contributed by atoms with E-state index in [0.29, 0.717) is 0 Å². The van der Waals surface area contributed by atoms with Crippen LogP contribution in [-0.4, -0.2) is 29.0 Å². The van der Waals surface area contributed by atoms with Crippen molar-refractivity contribution >= 4 is 23.5 Å². The summed E-state index contributed by atoms with van der Waals surface area (Å²) < 4.78 is 0. The minimum atomic E-state index is -1.41. The first-order valence-corrected chi connectivity index (χ1v) is 5.62. The van der Waals surface area contributed by atoms with Gasteiger partial charge in [-0.3, -0.25) is 4.79 Å². The van der Waals surface area contributed by atoms with E-state index in [-0.39, 0.29) is 77.6 Å². The summed E-state index contributed by atoms with van der Waals surface area (Å²) >= 11 is 0. The van der Waals surface area contributed by atoms with Crippen LogP contribution in [0.4, 0.5) is 5.69 Å². The van der Waals surface area contributed by atoms with E-state index < -0.39 is 35.2 Å². The molecule has 0 bridgehead atoms. The number of carboxylic acids is 2. The quantitative estimate of drug-likeness (QED) is 0.438. The Hall–Kier alpha value is -0.610. The number of nitrogens with one attached hydrogen (secondary N) is 1. The van der Waals surface area contributed by atoms with Crippen molar-refractivity contribution < 1.29 is 88.8 Å². The minimum Gasteiger partial charge on any atom is -0.872 e. The fraction of sp³-hybridized carbons (Fsp3) is 0.250. The van der Waals surface area contributed by atoms with Crippen molar-refractivity contribution in [1.82, 2.24) is 0 Å². The third-order valence-electron chi connectivity index (χ3n) is 2.47. The van der Waals surface area contributed by atoms with Gasteiger partial charge in [0.1, 0.15) is 0 Å². The monoisotopic (exact) mass is 326 g/mol. The zero-order chi connectivity index (χ0) is 15.3. The second-order valence-corrected chi connectivity index (χ2v) is 4.02. The van der Waals surface area contributed by atoms with E-state index in [1.165, 1.54) is 6.07 Å². The first-order chi connectivity index (χ1) is 9.31. The Morgan fingerprint density at radius 1 is 1.27 bits per heavy atom. The minimum absolute atomic E-state index is 0. The van der Waals surface area contributed by atoms with Gasteiger partial charge in [-0.15, -0.1) is 0 Å². The number of hydrogen-bond donors (Lipinski definition) is 3. The molecule has 108 valence electrons. The number of amides is 1. The average Bonchev–Trinajstić information content (AvgIpc) is 2.37. The van der Waals surface area contributed by atoms with Gasteiger partial charge in [-0.1, -0.05) is 11.8 Å².